The minimum atomic E-state index is -0.630. The fourth-order valence-corrected chi connectivity index (χ4v) is 1.96. The Hall–Kier alpha value is -2.32. The number of anilines is 1. The number of rotatable bonds is 10. The lowest BCUT2D eigenvalue weighted by Crippen LogP contribution is -2.25. The van der Waals surface area contributed by atoms with Crippen molar-refractivity contribution in [2.45, 2.75) is 32.9 Å². The molecular weight excluding hydrogens is 340 g/mol. The number of nitrogens with zero attached hydrogens (tertiary/aromatic N) is 1. The molecule has 1 amide bonds. The molecule has 0 bridgehead atoms. The second kappa shape index (κ2) is 10.6. The van der Waals surface area contributed by atoms with Crippen LogP contribution in [-0.2, 0) is 25.5 Å². The van der Waals surface area contributed by atoms with E-state index in [9.17, 15) is 9.59 Å². The first-order valence-corrected chi connectivity index (χ1v) is 8.31. The normalized spacial score (nSPS) is 11.1. The molecule has 0 fully saturated rings. The molecule has 0 saturated carbocycles. The Balaban J connectivity index is 2.83. The van der Waals surface area contributed by atoms with Crippen molar-refractivity contribution in [3.8, 4) is 0 Å². The van der Waals surface area contributed by atoms with Gasteiger partial charge in [0.2, 0.25) is 0 Å². The summed E-state index contributed by atoms with van der Waals surface area (Å²) in [5.41, 5.74) is 0.114. The second-order valence-electron chi connectivity index (χ2n) is 6.43. The summed E-state index contributed by atoms with van der Waals surface area (Å²) in [5.74, 6) is -0.484. The summed E-state index contributed by atoms with van der Waals surface area (Å²) in [6.45, 7) is 10.7. The van der Waals surface area contributed by atoms with E-state index in [2.05, 4.69) is 11.9 Å². The quantitative estimate of drug-likeness (QED) is 0.388. The van der Waals surface area contributed by atoms with Crippen LogP contribution >= 0.6 is 0 Å². The smallest absolute Gasteiger partial charge is 0.411 e. The van der Waals surface area contributed by atoms with Crippen LogP contribution in [0.2, 0.25) is 0 Å². The number of hydrogen-bond donors (Lipinski definition) is 1. The van der Waals surface area contributed by atoms with Crippen LogP contribution in [0.1, 0.15) is 31.3 Å². The molecule has 8 heteroatoms. The predicted molar refractivity (Wildman–Crippen MR) is 97.5 cm³/mol. The molecule has 1 aromatic rings. The van der Waals surface area contributed by atoms with Gasteiger partial charge in [0.25, 0.3) is 0 Å². The molecule has 0 radical (unpaired) electrons. The van der Waals surface area contributed by atoms with Crippen LogP contribution in [0.5, 0.6) is 0 Å². The minimum absolute atomic E-state index is 0.0960. The SMILES string of the molecule is C=CCOC(=O)Nc1cc(C(=O)OC(C)(C)C)n(CCOCCOC)c1. The van der Waals surface area contributed by atoms with Crippen molar-refractivity contribution < 1.29 is 28.5 Å². The molecule has 26 heavy (non-hydrogen) atoms. The van der Waals surface area contributed by atoms with E-state index < -0.39 is 17.7 Å². The van der Waals surface area contributed by atoms with Crippen LogP contribution in [-0.4, -0.2) is 55.8 Å². The first-order valence-electron chi connectivity index (χ1n) is 8.31. The van der Waals surface area contributed by atoms with Crippen LogP contribution in [0, 0.1) is 0 Å². The fourth-order valence-electron chi connectivity index (χ4n) is 1.96. The van der Waals surface area contributed by atoms with Crippen molar-refractivity contribution in [3.05, 3.63) is 30.6 Å². The molecule has 1 aromatic heterocycles. The lowest BCUT2D eigenvalue weighted by Gasteiger charge is -2.20. The summed E-state index contributed by atoms with van der Waals surface area (Å²) in [6, 6.07) is 1.54. The topological polar surface area (TPSA) is 88.0 Å². The predicted octanol–water partition coefficient (Wildman–Crippen LogP) is 2.84. The maximum absolute atomic E-state index is 12.4. The van der Waals surface area contributed by atoms with E-state index >= 15 is 0 Å². The number of methoxy groups -OCH3 is 1. The number of carbonyl (C=O) groups is 2. The average molecular weight is 368 g/mol. The number of ether oxygens (including phenoxy) is 4. The van der Waals surface area contributed by atoms with Gasteiger partial charge in [0, 0.05) is 19.9 Å². The third-order valence-corrected chi connectivity index (χ3v) is 2.99. The third kappa shape index (κ3) is 8.17. The van der Waals surface area contributed by atoms with Crippen LogP contribution in [0.3, 0.4) is 0 Å². The van der Waals surface area contributed by atoms with Gasteiger partial charge in [-0.25, -0.2) is 9.59 Å². The number of aromatic nitrogens is 1. The Morgan fingerprint density at radius 1 is 1.27 bits per heavy atom. The maximum atomic E-state index is 12.4. The van der Waals surface area contributed by atoms with E-state index in [1.54, 1.807) is 44.7 Å². The van der Waals surface area contributed by atoms with E-state index in [1.807, 2.05) is 0 Å². The van der Waals surface area contributed by atoms with Gasteiger partial charge in [0.05, 0.1) is 25.5 Å². The molecule has 0 aliphatic carbocycles. The Labute approximate surface area is 154 Å². The van der Waals surface area contributed by atoms with Crippen molar-refractivity contribution in [2.75, 3.05) is 38.9 Å². The molecule has 1 N–H and O–H groups in total. The molecule has 0 unspecified atom stereocenters. The van der Waals surface area contributed by atoms with Crippen molar-refractivity contribution >= 4 is 17.7 Å². The van der Waals surface area contributed by atoms with Gasteiger partial charge in [0.15, 0.2) is 0 Å². The van der Waals surface area contributed by atoms with E-state index in [1.165, 1.54) is 6.08 Å². The molecule has 0 aliphatic rings. The highest BCUT2D eigenvalue weighted by atomic mass is 16.6. The van der Waals surface area contributed by atoms with Crippen molar-refractivity contribution in [1.29, 1.82) is 0 Å². The van der Waals surface area contributed by atoms with Gasteiger partial charge in [-0.3, -0.25) is 5.32 Å². The largest absolute Gasteiger partial charge is 0.455 e. The Bertz CT molecular complexity index is 603. The van der Waals surface area contributed by atoms with Gasteiger partial charge in [-0.2, -0.15) is 0 Å². The van der Waals surface area contributed by atoms with Gasteiger partial charge >= 0.3 is 12.1 Å². The monoisotopic (exact) mass is 368 g/mol. The minimum Gasteiger partial charge on any atom is -0.455 e. The van der Waals surface area contributed by atoms with E-state index in [-0.39, 0.29) is 6.61 Å². The Morgan fingerprint density at radius 3 is 2.62 bits per heavy atom. The fraction of sp³-hybridized carbons (Fsp3) is 0.556. The third-order valence-electron chi connectivity index (χ3n) is 2.99. The highest BCUT2D eigenvalue weighted by Gasteiger charge is 2.22. The summed E-state index contributed by atoms with van der Waals surface area (Å²) >= 11 is 0. The average Bonchev–Trinajstić information content (AvgIpc) is 2.94. The van der Waals surface area contributed by atoms with E-state index in [0.717, 1.165) is 0 Å². The summed E-state index contributed by atoms with van der Waals surface area (Å²) in [6.07, 6.45) is 2.47. The zero-order chi connectivity index (χ0) is 19.6. The van der Waals surface area contributed by atoms with Crippen LogP contribution in [0.25, 0.3) is 0 Å². The molecule has 0 atom stereocenters. The molecule has 0 aliphatic heterocycles. The zero-order valence-electron chi connectivity index (χ0n) is 15.9. The molecular formula is C18H28N2O6. The highest BCUT2D eigenvalue weighted by molar-refractivity contribution is 5.92. The molecule has 1 heterocycles. The Morgan fingerprint density at radius 2 is 2.00 bits per heavy atom. The number of esters is 1. The first-order chi connectivity index (χ1) is 12.3. The molecule has 0 saturated heterocycles. The molecule has 1 rings (SSSR count). The van der Waals surface area contributed by atoms with Gasteiger partial charge in [-0.15, -0.1) is 0 Å². The van der Waals surface area contributed by atoms with Gasteiger partial charge in [-0.1, -0.05) is 12.7 Å². The van der Waals surface area contributed by atoms with Gasteiger partial charge in [-0.05, 0) is 26.8 Å². The summed E-state index contributed by atoms with van der Waals surface area (Å²) in [5, 5.41) is 2.57. The molecule has 0 aromatic carbocycles. The standard InChI is InChI=1S/C18H28N2O6/c1-6-8-25-17(22)19-14-12-15(16(21)26-18(2,3)4)20(13-14)7-9-24-11-10-23-5/h6,12-13H,1,7-11H2,2-5H3,(H,19,22). The highest BCUT2D eigenvalue weighted by Crippen LogP contribution is 2.18. The number of amides is 1. The Kier molecular flexibility index (Phi) is 8.87. The van der Waals surface area contributed by atoms with Crippen LogP contribution in [0.15, 0.2) is 24.9 Å². The summed E-state index contributed by atoms with van der Waals surface area (Å²) < 4.78 is 22.3. The molecule has 146 valence electrons. The zero-order valence-corrected chi connectivity index (χ0v) is 15.9. The van der Waals surface area contributed by atoms with Crippen molar-refractivity contribution in [1.82, 2.24) is 4.57 Å². The van der Waals surface area contributed by atoms with Gasteiger partial charge < -0.3 is 23.5 Å². The number of carbonyl (C=O) groups excluding carboxylic acids is 2. The number of hydrogen-bond acceptors (Lipinski definition) is 6. The lowest BCUT2D eigenvalue weighted by atomic mass is 10.2. The van der Waals surface area contributed by atoms with Crippen molar-refractivity contribution in [3.63, 3.8) is 0 Å². The summed E-state index contributed by atoms with van der Waals surface area (Å²) in [4.78, 5) is 24.1. The maximum Gasteiger partial charge on any atom is 0.411 e. The van der Waals surface area contributed by atoms with Crippen LogP contribution < -0.4 is 5.32 Å². The second-order valence-corrected chi connectivity index (χ2v) is 6.43. The van der Waals surface area contributed by atoms with Crippen LogP contribution in [0.4, 0.5) is 10.5 Å². The number of nitrogens with one attached hydrogen (secondary N) is 1. The summed E-state index contributed by atoms with van der Waals surface area (Å²) in [7, 11) is 1.60. The molecule has 0 spiro atoms. The molecule has 8 nitrogen and oxygen atoms in total. The first kappa shape index (κ1) is 21.7. The lowest BCUT2D eigenvalue weighted by molar-refractivity contribution is 0.00546. The van der Waals surface area contributed by atoms with Crippen molar-refractivity contribution in [2.24, 2.45) is 0 Å². The van der Waals surface area contributed by atoms with E-state index in [4.69, 9.17) is 18.9 Å². The van der Waals surface area contributed by atoms with Gasteiger partial charge in [0.1, 0.15) is 17.9 Å². The van der Waals surface area contributed by atoms with E-state index in [0.29, 0.717) is 37.7 Å².